The lowest BCUT2D eigenvalue weighted by molar-refractivity contribution is -0.126. The van der Waals surface area contributed by atoms with Crippen molar-refractivity contribution in [3.8, 4) is 10.6 Å². The highest BCUT2D eigenvalue weighted by atomic mass is 35.5. The van der Waals surface area contributed by atoms with E-state index in [1.165, 1.54) is 18.2 Å². The van der Waals surface area contributed by atoms with Gasteiger partial charge in [-0.1, -0.05) is 41.9 Å². The predicted octanol–water partition coefficient (Wildman–Crippen LogP) is 4.81. The number of hydrogen-bond donors (Lipinski definition) is 1. The third-order valence-corrected chi connectivity index (χ3v) is 6.80. The molecule has 1 N–H and O–H groups in total. The molecule has 1 fully saturated rings. The maximum absolute atomic E-state index is 13.3. The summed E-state index contributed by atoms with van der Waals surface area (Å²) in [6.45, 7) is 1.50. The van der Waals surface area contributed by atoms with E-state index in [-0.39, 0.29) is 22.8 Å². The van der Waals surface area contributed by atoms with Crippen LogP contribution in [-0.4, -0.2) is 41.3 Å². The van der Waals surface area contributed by atoms with Crippen LogP contribution in [0.5, 0.6) is 0 Å². The molecule has 0 saturated carbocycles. The number of amides is 2. The zero-order chi connectivity index (χ0) is 22.5. The second-order valence-corrected chi connectivity index (χ2v) is 9.01. The number of carbonyl (C=O) groups is 2. The maximum atomic E-state index is 13.3. The van der Waals surface area contributed by atoms with Crippen molar-refractivity contribution in [2.24, 2.45) is 5.92 Å². The number of hydrogen-bond acceptors (Lipinski definition) is 4. The summed E-state index contributed by atoms with van der Waals surface area (Å²) < 4.78 is 13.3. The molecule has 166 valence electrons. The quantitative estimate of drug-likeness (QED) is 0.561. The van der Waals surface area contributed by atoms with Gasteiger partial charge < -0.3 is 10.2 Å². The molecule has 0 radical (unpaired) electrons. The molecule has 1 aromatic heterocycles. The van der Waals surface area contributed by atoms with Gasteiger partial charge in [0.1, 0.15) is 10.8 Å². The number of halogens is 2. The van der Waals surface area contributed by atoms with E-state index in [0.717, 1.165) is 16.3 Å². The summed E-state index contributed by atoms with van der Waals surface area (Å²) in [4.78, 5) is 31.5. The highest BCUT2D eigenvalue weighted by molar-refractivity contribution is 7.13. The first kappa shape index (κ1) is 22.4. The molecule has 3 aromatic rings. The highest BCUT2D eigenvalue weighted by Gasteiger charge is 2.28. The molecule has 1 saturated heterocycles. The second-order valence-electron chi connectivity index (χ2n) is 7.75. The molecule has 5 nitrogen and oxygen atoms in total. The van der Waals surface area contributed by atoms with Crippen LogP contribution in [0, 0.1) is 11.7 Å². The molecule has 2 amide bonds. The number of nitrogens with one attached hydrogen (secondary N) is 1. The van der Waals surface area contributed by atoms with E-state index in [2.05, 4.69) is 10.3 Å². The Morgan fingerprint density at radius 2 is 1.91 bits per heavy atom. The Morgan fingerprint density at radius 3 is 2.62 bits per heavy atom. The van der Waals surface area contributed by atoms with Gasteiger partial charge in [-0.05, 0) is 31.0 Å². The van der Waals surface area contributed by atoms with Crippen LogP contribution in [0.2, 0.25) is 5.02 Å². The van der Waals surface area contributed by atoms with Crippen LogP contribution >= 0.6 is 22.9 Å². The number of carbonyl (C=O) groups excluding carboxylic acids is 2. The Morgan fingerprint density at radius 1 is 1.16 bits per heavy atom. The van der Waals surface area contributed by atoms with E-state index in [9.17, 15) is 14.0 Å². The minimum Gasteiger partial charge on any atom is -0.355 e. The number of thiazole rings is 1. The Hall–Kier alpha value is -2.77. The minimum atomic E-state index is -0.549. The SMILES string of the molecule is O=C(NCCc1csc(-c2ccccc2)n1)C1CCN(C(=O)c2ccc(F)c(Cl)c2)CC1. The smallest absolute Gasteiger partial charge is 0.253 e. The average molecular weight is 472 g/mol. The van der Waals surface area contributed by atoms with Crippen LogP contribution in [0.25, 0.3) is 10.6 Å². The number of nitrogens with zero attached hydrogens (tertiary/aromatic N) is 2. The summed E-state index contributed by atoms with van der Waals surface area (Å²) in [6, 6.07) is 14.0. The summed E-state index contributed by atoms with van der Waals surface area (Å²) in [5.41, 5.74) is 2.42. The molecule has 2 heterocycles. The maximum Gasteiger partial charge on any atom is 0.253 e. The molecular formula is C24H23ClFN3O2S. The van der Waals surface area contributed by atoms with Crippen molar-refractivity contribution in [2.45, 2.75) is 19.3 Å². The van der Waals surface area contributed by atoms with Crippen molar-refractivity contribution < 1.29 is 14.0 Å². The van der Waals surface area contributed by atoms with Gasteiger partial charge in [0.2, 0.25) is 5.91 Å². The van der Waals surface area contributed by atoms with Gasteiger partial charge in [0.05, 0.1) is 10.7 Å². The van der Waals surface area contributed by atoms with Crippen molar-refractivity contribution in [3.05, 3.63) is 76.0 Å². The molecule has 4 rings (SSSR count). The normalized spacial score (nSPS) is 14.4. The van der Waals surface area contributed by atoms with E-state index in [1.54, 1.807) is 16.2 Å². The fourth-order valence-corrected chi connectivity index (χ4v) is 4.79. The lowest BCUT2D eigenvalue weighted by Gasteiger charge is -2.31. The first-order valence-corrected chi connectivity index (χ1v) is 11.8. The molecule has 0 bridgehead atoms. The monoisotopic (exact) mass is 471 g/mol. The van der Waals surface area contributed by atoms with Crippen LogP contribution in [0.3, 0.4) is 0 Å². The fraction of sp³-hybridized carbons (Fsp3) is 0.292. The van der Waals surface area contributed by atoms with E-state index in [4.69, 9.17) is 11.6 Å². The highest BCUT2D eigenvalue weighted by Crippen LogP contribution is 2.24. The van der Waals surface area contributed by atoms with E-state index in [1.807, 2.05) is 35.7 Å². The summed E-state index contributed by atoms with van der Waals surface area (Å²) >= 11 is 7.39. The van der Waals surface area contributed by atoms with Gasteiger partial charge in [-0.3, -0.25) is 9.59 Å². The zero-order valence-corrected chi connectivity index (χ0v) is 19.0. The summed E-state index contributed by atoms with van der Waals surface area (Å²) in [7, 11) is 0. The third-order valence-electron chi connectivity index (χ3n) is 5.57. The Bertz CT molecular complexity index is 1100. The van der Waals surface area contributed by atoms with Crippen LogP contribution < -0.4 is 5.32 Å². The van der Waals surface area contributed by atoms with E-state index in [0.29, 0.717) is 44.5 Å². The molecule has 32 heavy (non-hydrogen) atoms. The van der Waals surface area contributed by atoms with Gasteiger partial charge in [-0.15, -0.1) is 11.3 Å². The molecule has 0 atom stereocenters. The standard InChI is InChI=1S/C24H23ClFN3O2S/c25-20-14-18(6-7-21(20)26)24(31)29-12-9-16(10-13-29)22(30)27-11-8-19-15-32-23(28-19)17-4-2-1-3-5-17/h1-7,14-16H,8-13H2,(H,27,30). The molecular weight excluding hydrogens is 449 g/mol. The van der Waals surface area contributed by atoms with Crippen LogP contribution in [0.15, 0.2) is 53.9 Å². The number of aromatic nitrogens is 1. The van der Waals surface area contributed by atoms with E-state index < -0.39 is 5.82 Å². The Kier molecular flexibility index (Phi) is 7.17. The molecule has 8 heteroatoms. The van der Waals surface area contributed by atoms with Gasteiger partial charge in [0, 0.05) is 48.5 Å². The number of likely N-dealkylation sites (tertiary alicyclic amines) is 1. The predicted molar refractivity (Wildman–Crippen MR) is 124 cm³/mol. The van der Waals surface area contributed by atoms with Gasteiger partial charge in [0.15, 0.2) is 0 Å². The van der Waals surface area contributed by atoms with E-state index >= 15 is 0 Å². The van der Waals surface area contributed by atoms with Crippen molar-refractivity contribution >= 4 is 34.8 Å². The zero-order valence-electron chi connectivity index (χ0n) is 17.4. The lowest BCUT2D eigenvalue weighted by Crippen LogP contribution is -2.43. The summed E-state index contributed by atoms with van der Waals surface area (Å²) in [6.07, 6.45) is 1.88. The Labute approximate surface area is 195 Å². The van der Waals surface area contributed by atoms with Crippen LogP contribution in [0.1, 0.15) is 28.9 Å². The van der Waals surface area contributed by atoms with Crippen molar-refractivity contribution in [1.82, 2.24) is 15.2 Å². The van der Waals surface area contributed by atoms with Crippen molar-refractivity contribution in [1.29, 1.82) is 0 Å². The number of piperidine rings is 1. The van der Waals surface area contributed by atoms with Crippen LogP contribution in [0.4, 0.5) is 4.39 Å². The molecule has 0 unspecified atom stereocenters. The van der Waals surface area contributed by atoms with Gasteiger partial charge in [-0.2, -0.15) is 0 Å². The largest absolute Gasteiger partial charge is 0.355 e. The van der Waals surface area contributed by atoms with Crippen molar-refractivity contribution in [3.63, 3.8) is 0 Å². The number of benzene rings is 2. The summed E-state index contributed by atoms with van der Waals surface area (Å²) in [5, 5.41) is 5.94. The molecule has 0 aliphatic carbocycles. The Balaban J connectivity index is 1.22. The second kappa shape index (κ2) is 10.2. The molecule has 1 aliphatic heterocycles. The molecule has 0 spiro atoms. The topological polar surface area (TPSA) is 62.3 Å². The van der Waals surface area contributed by atoms with Gasteiger partial charge >= 0.3 is 0 Å². The molecule has 2 aromatic carbocycles. The van der Waals surface area contributed by atoms with Crippen molar-refractivity contribution in [2.75, 3.05) is 19.6 Å². The summed E-state index contributed by atoms with van der Waals surface area (Å²) in [5.74, 6) is -0.845. The fourth-order valence-electron chi connectivity index (χ4n) is 3.75. The third kappa shape index (κ3) is 5.34. The minimum absolute atomic E-state index is 0.0143. The lowest BCUT2D eigenvalue weighted by atomic mass is 9.95. The first-order valence-electron chi connectivity index (χ1n) is 10.5. The average Bonchev–Trinajstić information content (AvgIpc) is 3.30. The van der Waals surface area contributed by atoms with Crippen LogP contribution in [-0.2, 0) is 11.2 Å². The number of rotatable bonds is 6. The van der Waals surface area contributed by atoms with Gasteiger partial charge in [0.25, 0.3) is 5.91 Å². The van der Waals surface area contributed by atoms with Gasteiger partial charge in [-0.25, -0.2) is 9.37 Å². The first-order chi connectivity index (χ1) is 15.5. The molecule has 1 aliphatic rings.